The summed E-state index contributed by atoms with van der Waals surface area (Å²) >= 11 is 0. The van der Waals surface area contributed by atoms with E-state index in [2.05, 4.69) is 27.7 Å². The SMILES string of the molecule is O=C(CNC(=O)N1CCC2(CCNC2)C1)N1CCN(c2ccccc2)CC1. The molecule has 0 aliphatic carbocycles. The van der Waals surface area contributed by atoms with E-state index in [-0.39, 0.29) is 23.9 Å². The molecule has 0 saturated carbocycles. The Labute approximate surface area is 160 Å². The van der Waals surface area contributed by atoms with Gasteiger partial charge in [-0.15, -0.1) is 0 Å². The van der Waals surface area contributed by atoms with Gasteiger partial charge >= 0.3 is 6.03 Å². The van der Waals surface area contributed by atoms with Gasteiger partial charge in [0.1, 0.15) is 0 Å². The van der Waals surface area contributed by atoms with E-state index in [1.807, 2.05) is 28.0 Å². The number of anilines is 1. The lowest BCUT2D eigenvalue weighted by molar-refractivity contribution is -0.130. The Bertz CT molecular complexity index is 666. The second kappa shape index (κ2) is 7.76. The normalized spacial score (nSPS) is 25.3. The summed E-state index contributed by atoms with van der Waals surface area (Å²) in [6.45, 7) is 6.77. The molecule has 146 valence electrons. The average molecular weight is 371 g/mol. The largest absolute Gasteiger partial charge is 0.368 e. The standard InChI is InChI=1S/C20H29N5O2/c26-18(24-12-10-23(11-13-24)17-4-2-1-3-5-17)14-22-19(27)25-9-7-20(16-25)6-8-21-15-20/h1-5,21H,6-16H2,(H,22,27). The van der Waals surface area contributed by atoms with E-state index in [0.717, 1.165) is 52.1 Å². The first-order valence-electron chi connectivity index (χ1n) is 9.97. The number of hydrogen-bond acceptors (Lipinski definition) is 4. The second-order valence-corrected chi connectivity index (χ2v) is 7.96. The molecule has 3 fully saturated rings. The molecule has 3 aliphatic rings. The maximum Gasteiger partial charge on any atom is 0.317 e. The number of para-hydroxylation sites is 1. The summed E-state index contributed by atoms with van der Waals surface area (Å²) in [5.41, 5.74) is 1.46. The summed E-state index contributed by atoms with van der Waals surface area (Å²) in [5.74, 6) is 0.00695. The lowest BCUT2D eigenvalue weighted by Gasteiger charge is -2.36. The molecule has 1 aromatic carbocycles. The lowest BCUT2D eigenvalue weighted by atomic mass is 9.87. The van der Waals surface area contributed by atoms with Crippen LogP contribution in [0.1, 0.15) is 12.8 Å². The first-order valence-corrected chi connectivity index (χ1v) is 9.97. The summed E-state index contributed by atoms with van der Waals surface area (Å²) in [6, 6.07) is 10.2. The third kappa shape index (κ3) is 4.03. The number of nitrogens with zero attached hydrogens (tertiary/aromatic N) is 3. The number of piperazine rings is 1. The van der Waals surface area contributed by atoms with Crippen LogP contribution in [0.4, 0.5) is 10.5 Å². The molecule has 0 aromatic heterocycles. The number of benzene rings is 1. The van der Waals surface area contributed by atoms with Crippen molar-refractivity contribution in [2.75, 3.05) is 63.8 Å². The number of hydrogen-bond donors (Lipinski definition) is 2. The minimum Gasteiger partial charge on any atom is -0.368 e. The molecule has 4 rings (SSSR count). The highest BCUT2D eigenvalue weighted by atomic mass is 16.2. The fraction of sp³-hybridized carbons (Fsp3) is 0.600. The van der Waals surface area contributed by atoms with Crippen LogP contribution in [0.5, 0.6) is 0 Å². The zero-order valence-corrected chi connectivity index (χ0v) is 15.8. The van der Waals surface area contributed by atoms with Gasteiger partial charge in [0.25, 0.3) is 0 Å². The van der Waals surface area contributed by atoms with E-state index in [9.17, 15) is 9.59 Å². The van der Waals surface area contributed by atoms with Crippen molar-refractivity contribution in [1.29, 1.82) is 0 Å². The van der Waals surface area contributed by atoms with Crippen molar-refractivity contribution < 1.29 is 9.59 Å². The predicted molar refractivity (Wildman–Crippen MR) is 105 cm³/mol. The number of likely N-dealkylation sites (tertiary alicyclic amines) is 1. The van der Waals surface area contributed by atoms with E-state index in [1.165, 1.54) is 5.69 Å². The Morgan fingerprint density at radius 2 is 1.78 bits per heavy atom. The molecule has 3 amide bonds. The quantitative estimate of drug-likeness (QED) is 0.822. The van der Waals surface area contributed by atoms with Gasteiger partial charge in [0.15, 0.2) is 0 Å². The molecule has 27 heavy (non-hydrogen) atoms. The Kier molecular flexibility index (Phi) is 5.20. The highest BCUT2D eigenvalue weighted by Crippen LogP contribution is 2.35. The first-order chi connectivity index (χ1) is 13.2. The van der Waals surface area contributed by atoms with Crippen molar-refractivity contribution in [1.82, 2.24) is 20.4 Å². The third-order valence-electron chi connectivity index (χ3n) is 6.20. The van der Waals surface area contributed by atoms with E-state index >= 15 is 0 Å². The van der Waals surface area contributed by atoms with E-state index in [0.29, 0.717) is 13.1 Å². The number of urea groups is 1. The Balaban J connectivity index is 1.20. The summed E-state index contributed by atoms with van der Waals surface area (Å²) in [5, 5.41) is 6.23. The molecule has 1 aromatic rings. The summed E-state index contributed by atoms with van der Waals surface area (Å²) in [7, 11) is 0. The molecule has 7 heteroatoms. The number of rotatable bonds is 3. The second-order valence-electron chi connectivity index (χ2n) is 7.96. The summed E-state index contributed by atoms with van der Waals surface area (Å²) in [6.07, 6.45) is 2.20. The van der Waals surface area contributed by atoms with Crippen LogP contribution in [0, 0.1) is 5.41 Å². The molecule has 3 saturated heterocycles. The first kappa shape index (κ1) is 18.1. The van der Waals surface area contributed by atoms with Gasteiger partial charge in [0, 0.05) is 56.9 Å². The number of amides is 3. The smallest absolute Gasteiger partial charge is 0.317 e. The van der Waals surface area contributed by atoms with E-state index < -0.39 is 0 Å². The van der Waals surface area contributed by atoms with Gasteiger partial charge in [0.2, 0.25) is 5.91 Å². The van der Waals surface area contributed by atoms with Crippen molar-refractivity contribution >= 4 is 17.6 Å². The van der Waals surface area contributed by atoms with Gasteiger partial charge in [-0.3, -0.25) is 4.79 Å². The van der Waals surface area contributed by atoms with Crippen molar-refractivity contribution in [2.45, 2.75) is 12.8 Å². The maximum atomic E-state index is 12.5. The number of nitrogens with one attached hydrogen (secondary N) is 2. The highest BCUT2D eigenvalue weighted by molar-refractivity contribution is 5.84. The molecule has 2 N–H and O–H groups in total. The average Bonchev–Trinajstić information content (AvgIpc) is 3.36. The fourth-order valence-electron chi connectivity index (χ4n) is 4.48. The maximum absolute atomic E-state index is 12.5. The van der Waals surface area contributed by atoms with Gasteiger partial charge in [-0.2, -0.15) is 0 Å². The van der Waals surface area contributed by atoms with Gasteiger partial charge < -0.3 is 25.3 Å². The third-order valence-corrected chi connectivity index (χ3v) is 6.20. The van der Waals surface area contributed by atoms with E-state index in [1.54, 1.807) is 0 Å². The Morgan fingerprint density at radius 3 is 2.48 bits per heavy atom. The number of carbonyl (C=O) groups is 2. The van der Waals surface area contributed by atoms with Gasteiger partial charge in [-0.1, -0.05) is 18.2 Å². The van der Waals surface area contributed by atoms with Crippen LogP contribution in [0.25, 0.3) is 0 Å². The monoisotopic (exact) mass is 371 g/mol. The van der Waals surface area contributed by atoms with Crippen molar-refractivity contribution in [3.63, 3.8) is 0 Å². The fourth-order valence-corrected chi connectivity index (χ4v) is 4.48. The van der Waals surface area contributed by atoms with Gasteiger partial charge in [-0.05, 0) is 31.5 Å². The van der Waals surface area contributed by atoms with Crippen molar-refractivity contribution in [2.24, 2.45) is 5.41 Å². The molecule has 0 radical (unpaired) electrons. The van der Waals surface area contributed by atoms with Crippen LogP contribution < -0.4 is 15.5 Å². The zero-order chi connectivity index (χ0) is 18.7. The van der Waals surface area contributed by atoms with Crippen LogP contribution in [0.2, 0.25) is 0 Å². The van der Waals surface area contributed by atoms with Crippen molar-refractivity contribution in [3.8, 4) is 0 Å². The van der Waals surface area contributed by atoms with Gasteiger partial charge in [-0.25, -0.2) is 4.79 Å². The molecule has 7 nitrogen and oxygen atoms in total. The Hall–Kier alpha value is -2.28. The summed E-state index contributed by atoms with van der Waals surface area (Å²) in [4.78, 5) is 30.9. The Morgan fingerprint density at radius 1 is 1.00 bits per heavy atom. The minimum atomic E-state index is -0.102. The zero-order valence-electron chi connectivity index (χ0n) is 15.8. The molecule has 3 heterocycles. The topological polar surface area (TPSA) is 67.9 Å². The van der Waals surface area contributed by atoms with Crippen molar-refractivity contribution in [3.05, 3.63) is 30.3 Å². The van der Waals surface area contributed by atoms with Crippen LogP contribution >= 0.6 is 0 Å². The van der Waals surface area contributed by atoms with Crippen LogP contribution in [0.3, 0.4) is 0 Å². The van der Waals surface area contributed by atoms with Gasteiger partial charge in [0.05, 0.1) is 6.54 Å². The number of carbonyl (C=O) groups excluding carboxylic acids is 2. The molecule has 1 atom stereocenters. The lowest BCUT2D eigenvalue weighted by Crippen LogP contribution is -2.52. The van der Waals surface area contributed by atoms with Crippen LogP contribution in [-0.4, -0.2) is 80.6 Å². The molecule has 0 bridgehead atoms. The molecular formula is C20H29N5O2. The predicted octanol–water partition coefficient (Wildman–Crippen LogP) is 0.730. The summed E-state index contributed by atoms with van der Waals surface area (Å²) < 4.78 is 0. The highest BCUT2D eigenvalue weighted by Gasteiger charge is 2.41. The molecule has 3 aliphatic heterocycles. The van der Waals surface area contributed by atoms with E-state index in [4.69, 9.17) is 0 Å². The molecule has 1 spiro atoms. The molecular weight excluding hydrogens is 342 g/mol. The minimum absolute atomic E-state index is 0.00695. The van der Waals surface area contributed by atoms with Crippen LogP contribution in [-0.2, 0) is 4.79 Å². The molecule has 1 unspecified atom stereocenters. The van der Waals surface area contributed by atoms with Crippen LogP contribution in [0.15, 0.2) is 30.3 Å².